The van der Waals surface area contributed by atoms with Crippen LogP contribution in [0.3, 0.4) is 0 Å². The van der Waals surface area contributed by atoms with Gasteiger partial charge in [0.25, 0.3) is 5.91 Å². The van der Waals surface area contributed by atoms with E-state index in [-0.39, 0.29) is 5.91 Å². The molecule has 134 valence electrons. The first-order valence-corrected chi connectivity index (χ1v) is 8.84. The highest BCUT2D eigenvalue weighted by atomic mass is 127. The lowest BCUT2D eigenvalue weighted by Crippen LogP contribution is -2.14. The molecule has 3 aromatic rings. The Morgan fingerprint density at radius 2 is 1.85 bits per heavy atom. The number of benzene rings is 1. The molecule has 0 unspecified atom stereocenters. The van der Waals surface area contributed by atoms with Gasteiger partial charge in [-0.3, -0.25) is 14.5 Å². The summed E-state index contributed by atoms with van der Waals surface area (Å²) in [6.45, 7) is 0.603. The predicted molar refractivity (Wildman–Crippen MR) is 106 cm³/mol. The highest BCUT2D eigenvalue weighted by molar-refractivity contribution is 14.1. The van der Waals surface area contributed by atoms with Gasteiger partial charge in [-0.2, -0.15) is 5.10 Å². The van der Waals surface area contributed by atoms with Gasteiger partial charge >= 0.3 is 0 Å². The smallest absolute Gasteiger partial charge is 0.258 e. The number of hydrogen-bond donors (Lipinski definition) is 1. The number of nitrogens with zero attached hydrogens (tertiary/aromatic N) is 3. The Labute approximate surface area is 164 Å². The summed E-state index contributed by atoms with van der Waals surface area (Å²) in [6.07, 6.45) is 5.29. The van der Waals surface area contributed by atoms with E-state index in [9.17, 15) is 4.79 Å². The largest absolute Gasteiger partial charge is 0.493 e. The molecule has 2 aromatic heterocycles. The van der Waals surface area contributed by atoms with Crippen LogP contribution in [0.15, 0.2) is 48.9 Å². The molecule has 0 aliphatic carbocycles. The standard InChI is InChI=1S/C18H17IN4O3/c1-25-15-9-13(14(19)10-16(15)26-2)18(24)21-17-5-8-23(22-17)11-12-3-6-20-7-4-12/h3-10H,11H2,1-2H3,(H,21,22,24). The van der Waals surface area contributed by atoms with E-state index in [1.807, 2.05) is 18.3 Å². The number of pyridine rings is 1. The Balaban J connectivity index is 1.74. The summed E-state index contributed by atoms with van der Waals surface area (Å²) in [5.74, 6) is 1.30. The number of methoxy groups -OCH3 is 2. The van der Waals surface area contributed by atoms with Crippen molar-refractivity contribution in [1.82, 2.24) is 14.8 Å². The number of anilines is 1. The second-order valence-electron chi connectivity index (χ2n) is 5.40. The summed E-state index contributed by atoms with van der Waals surface area (Å²) in [7, 11) is 3.09. The summed E-state index contributed by atoms with van der Waals surface area (Å²) < 4.78 is 13.0. The van der Waals surface area contributed by atoms with Crippen LogP contribution >= 0.6 is 22.6 Å². The van der Waals surface area contributed by atoms with Gasteiger partial charge in [-0.25, -0.2) is 0 Å². The minimum absolute atomic E-state index is 0.260. The number of aromatic nitrogens is 3. The molecule has 1 N–H and O–H groups in total. The lowest BCUT2D eigenvalue weighted by Gasteiger charge is -2.11. The zero-order valence-electron chi connectivity index (χ0n) is 14.3. The first-order valence-electron chi connectivity index (χ1n) is 7.76. The maximum atomic E-state index is 12.6. The van der Waals surface area contributed by atoms with Crippen LogP contribution < -0.4 is 14.8 Å². The van der Waals surface area contributed by atoms with Crippen LogP contribution in [0, 0.1) is 3.57 Å². The lowest BCUT2D eigenvalue weighted by molar-refractivity contribution is 0.102. The Hall–Kier alpha value is -2.62. The van der Waals surface area contributed by atoms with Gasteiger partial charge in [0, 0.05) is 28.2 Å². The number of carbonyl (C=O) groups excluding carboxylic acids is 1. The fraction of sp³-hybridized carbons (Fsp3) is 0.167. The molecule has 0 aliphatic rings. The van der Waals surface area contributed by atoms with Gasteiger partial charge in [-0.1, -0.05) is 0 Å². The maximum absolute atomic E-state index is 12.6. The molecule has 1 amide bonds. The molecule has 7 nitrogen and oxygen atoms in total. The molecule has 26 heavy (non-hydrogen) atoms. The van der Waals surface area contributed by atoms with Crippen LogP contribution in [0.25, 0.3) is 0 Å². The monoisotopic (exact) mass is 464 g/mol. The van der Waals surface area contributed by atoms with Crippen molar-refractivity contribution in [2.45, 2.75) is 6.54 Å². The van der Waals surface area contributed by atoms with E-state index in [4.69, 9.17) is 9.47 Å². The van der Waals surface area contributed by atoms with Gasteiger partial charge in [0.05, 0.1) is 26.3 Å². The van der Waals surface area contributed by atoms with E-state index in [0.29, 0.717) is 29.4 Å². The van der Waals surface area contributed by atoms with E-state index in [0.717, 1.165) is 9.13 Å². The van der Waals surface area contributed by atoms with Gasteiger partial charge in [0.15, 0.2) is 17.3 Å². The van der Waals surface area contributed by atoms with Crippen LogP contribution in [0.2, 0.25) is 0 Å². The van der Waals surface area contributed by atoms with Crippen molar-refractivity contribution >= 4 is 34.3 Å². The molecule has 0 bridgehead atoms. The average Bonchev–Trinajstić information content (AvgIpc) is 3.08. The van der Waals surface area contributed by atoms with Crippen molar-refractivity contribution in [3.63, 3.8) is 0 Å². The molecule has 1 aromatic carbocycles. The second-order valence-corrected chi connectivity index (χ2v) is 6.56. The molecule has 2 heterocycles. The third kappa shape index (κ3) is 4.13. The summed E-state index contributed by atoms with van der Waals surface area (Å²) >= 11 is 2.09. The summed E-state index contributed by atoms with van der Waals surface area (Å²) in [5.41, 5.74) is 1.57. The first kappa shape index (κ1) is 18.2. The van der Waals surface area contributed by atoms with E-state index in [2.05, 4.69) is 38.0 Å². The van der Waals surface area contributed by atoms with Crippen molar-refractivity contribution in [3.8, 4) is 11.5 Å². The van der Waals surface area contributed by atoms with Crippen molar-refractivity contribution in [2.75, 3.05) is 19.5 Å². The van der Waals surface area contributed by atoms with E-state index < -0.39 is 0 Å². The van der Waals surface area contributed by atoms with Crippen molar-refractivity contribution in [1.29, 1.82) is 0 Å². The molecular weight excluding hydrogens is 447 g/mol. The SMILES string of the molecule is COc1cc(I)c(C(=O)Nc2ccn(Cc3ccncc3)n2)cc1OC. The fourth-order valence-corrected chi connectivity index (χ4v) is 3.09. The maximum Gasteiger partial charge on any atom is 0.258 e. The number of carbonyl (C=O) groups is 1. The zero-order valence-corrected chi connectivity index (χ0v) is 16.4. The van der Waals surface area contributed by atoms with E-state index >= 15 is 0 Å². The highest BCUT2D eigenvalue weighted by Gasteiger charge is 2.16. The molecule has 0 fully saturated rings. The van der Waals surface area contributed by atoms with Gasteiger partial charge in [-0.05, 0) is 52.4 Å². The number of amides is 1. The van der Waals surface area contributed by atoms with Gasteiger partial charge in [0.1, 0.15) is 0 Å². The molecule has 0 atom stereocenters. The van der Waals surface area contributed by atoms with Crippen molar-refractivity contribution in [2.24, 2.45) is 0 Å². The molecule has 0 saturated heterocycles. The zero-order chi connectivity index (χ0) is 18.5. The number of nitrogens with one attached hydrogen (secondary N) is 1. The van der Waals surface area contributed by atoms with Crippen molar-refractivity contribution in [3.05, 3.63) is 63.6 Å². The average molecular weight is 464 g/mol. The predicted octanol–water partition coefficient (Wildman–Crippen LogP) is 3.20. The van der Waals surface area contributed by atoms with E-state index in [1.165, 1.54) is 7.11 Å². The quantitative estimate of drug-likeness (QED) is 0.567. The summed E-state index contributed by atoms with van der Waals surface area (Å²) in [6, 6.07) is 9.02. The van der Waals surface area contributed by atoms with Crippen molar-refractivity contribution < 1.29 is 14.3 Å². The van der Waals surface area contributed by atoms with E-state index in [1.54, 1.807) is 42.4 Å². The number of rotatable bonds is 6. The molecular formula is C18H17IN4O3. The topological polar surface area (TPSA) is 78.3 Å². The fourth-order valence-electron chi connectivity index (χ4n) is 2.40. The first-order chi connectivity index (χ1) is 12.6. The Morgan fingerprint density at radius 3 is 2.54 bits per heavy atom. The van der Waals surface area contributed by atoms with Crippen LogP contribution in [0.1, 0.15) is 15.9 Å². The highest BCUT2D eigenvalue weighted by Crippen LogP contribution is 2.31. The second kappa shape index (κ2) is 8.17. The van der Waals surface area contributed by atoms with Crippen LogP contribution in [0.4, 0.5) is 5.82 Å². The molecule has 0 spiro atoms. The minimum Gasteiger partial charge on any atom is -0.493 e. The van der Waals surface area contributed by atoms with Gasteiger partial charge in [0.2, 0.25) is 0 Å². The minimum atomic E-state index is -0.260. The van der Waals surface area contributed by atoms with Crippen LogP contribution in [-0.2, 0) is 6.54 Å². The Morgan fingerprint density at radius 1 is 1.15 bits per heavy atom. The molecule has 0 saturated carbocycles. The Bertz CT molecular complexity index is 912. The number of halogens is 1. The summed E-state index contributed by atoms with van der Waals surface area (Å²) in [4.78, 5) is 16.6. The molecule has 3 rings (SSSR count). The van der Waals surface area contributed by atoms with Gasteiger partial charge < -0.3 is 14.8 Å². The summed E-state index contributed by atoms with van der Waals surface area (Å²) in [5, 5.41) is 7.19. The normalized spacial score (nSPS) is 10.4. The molecule has 8 heteroatoms. The van der Waals surface area contributed by atoms with Gasteiger partial charge in [-0.15, -0.1) is 0 Å². The van der Waals surface area contributed by atoms with Crippen LogP contribution in [0.5, 0.6) is 11.5 Å². The van der Waals surface area contributed by atoms with Crippen LogP contribution in [-0.4, -0.2) is 34.9 Å². The number of hydrogen-bond acceptors (Lipinski definition) is 5. The Kier molecular flexibility index (Phi) is 5.71. The molecule has 0 aliphatic heterocycles. The lowest BCUT2D eigenvalue weighted by atomic mass is 10.2. The number of ether oxygens (including phenoxy) is 2. The molecule has 0 radical (unpaired) electrons. The third-order valence-electron chi connectivity index (χ3n) is 3.69. The third-order valence-corrected chi connectivity index (χ3v) is 4.59.